The third kappa shape index (κ3) is 4.56. The van der Waals surface area contributed by atoms with Gasteiger partial charge in [-0.15, -0.1) is 0 Å². The summed E-state index contributed by atoms with van der Waals surface area (Å²) >= 11 is 6.07. The highest BCUT2D eigenvalue weighted by Gasteiger charge is 2.36. The Hall–Kier alpha value is -2.93. The van der Waals surface area contributed by atoms with Crippen molar-refractivity contribution in [1.29, 1.82) is 0 Å². The Morgan fingerprint density at radius 2 is 1.76 bits per heavy atom. The Balaban J connectivity index is 1.66. The topological polar surface area (TPSA) is 77.1 Å². The first-order valence-electron chi connectivity index (χ1n) is 9.09. The fraction of sp³-hybridized carbons (Fsp3) is 0.333. The average Bonchev–Trinajstić information content (AvgIpc) is 3.13. The zero-order valence-corrected chi connectivity index (χ0v) is 17.3. The lowest BCUT2D eigenvalue weighted by atomic mass is 10.1. The van der Waals surface area contributed by atoms with E-state index in [0.29, 0.717) is 34.5 Å². The third-order valence-corrected chi connectivity index (χ3v) is 5.08. The molecule has 29 heavy (non-hydrogen) atoms. The van der Waals surface area contributed by atoms with Crippen molar-refractivity contribution in [3.05, 3.63) is 47.0 Å². The van der Waals surface area contributed by atoms with Crippen LogP contribution in [0.15, 0.2) is 36.4 Å². The molecule has 2 amide bonds. The number of halogens is 1. The fourth-order valence-electron chi connectivity index (χ4n) is 3.31. The molecule has 2 aromatic rings. The summed E-state index contributed by atoms with van der Waals surface area (Å²) in [6.45, 7) is 0.595. The molecule has 3 rings (SSSR count). The number of hydrogen-bond donors (Lipinski definition) is 1. The Labute approximate surface area is 174 Å². The number of ether oxygens (including phenoxy) is 3. The summed E-state index contributed by atoms with van der Waals surface area (Å²) < 4.78 is 15.8. The lowest BCUT2D eigenvalue weighted by molar-refractivity contribution is -0.126. The van der Waals surface area contributed by atoms with Gasteiger partial charge in [0.1, 0.15) is 5.75 Å². The van der Waals surface area contributed by atoms with Gasteiger partial charge in [-0.1, -0.05) is 17.7 Å². The molecule has 0 radical (unpaired) electrons. The number of anilines is 1. The predicted molar refractivity (Wildman–Crippen MR) is 110 cm³/mol. The van der Waals surface area contributed by atoms with Crippen molar-refractivity contribution < 1.29 is 23.8 Å². The van der Waals surface area contributed by atoms with Gasteiger partial charge in [0.25, 0.3) is 0 Å². The molecule has 1 heterocycles. The van der Waals surface area contributed by atoms with E-state index in [1.54, 1.807) is 43.4 Å². The first-order chi connectivity index (χ1) is 14.0. The number of carbonyl (C=O) groups is 2. The van der Waals surface area contributed by atoms with Crippen molar-refractivity contribution in [3.63, 3.8) is 0 Å². The van der Waals surface area contributed by atoms with E-state index in [9.17, 15) is 9.59 Å². The van der Waals surface area contributed by atoms with Gasteiger partial charge < -0.3 is 24.4 Å². The molecule has 0 aliphatic carbocycles. The molecule has 8 heteroatoms. The number of rotatable bonds is 7. The normalized spacial score (nSPS) is 15.9. The molecular weight excluding hydrogens is 396 g/mol. The van der Waals surface area contributed by atoms with Crippen molar-refractivity contribution in [1.82, 2.24) is 5.32 Å². The third-order valence-electron chi connectivity index (χ3n) is 4.84. The molecule has 0 spiro atoms. The molecule has 1 fully saturated rings. The van der Waals surface area contributed by atoms with Crippen LogP contribution < -0.4 is 24.4 Å². The minimum atomic E-state index is -0.452. The highest BCUT2D eigenvalue weighted by molar-refractivity contribution is 6.31. The Morgan fingerprint density at radius 1 is 1.07 bits per heavy atom. The molecule has 1 saturated heterocycles. The van der Waals surface area contributed by atoms with Crippen LogP contribution in [0.5, 0.6) is 17.2 Å². The second-order valence-corrected chi connectivity index (χ2v) is 7.07. The Kier molecular flexibility index (Phi) is 6.49. The van der Waals surface area contributed by atoms with Gasteiger partial charge in [0, 0.05) is 24.5 Å². The molecule has 2 aromatic carbocycles. The number of hydrogen-bond acceptors (Lipinski definition) is 5. The summed E-state index contributed by atoms with van der Waals surface area (Å²) in [4.78, 5) is 26.7. The van der Waals surface area contributed by atoms with Crippen molar-refractivity contribution in [3.8, 4) is 17.2 Å². The zero-order chi connectivity index (χ0) is 21.0. The highest BCUT2D eigenvalue weighted by atomic mass is 35.5. The van der Waals surface area contributed by atoms with Crippen LogP contribution in [-0.4, -0.2) is 39.7 Å². The smallest absolute Gasteiger partial charge is 0.227 e. The Morgan fingerprint density at radius 3 is 2.45 bits per heavy atom. The number of methoxy groups -OCH3 is 3. The maximum atomic E-state index is 12.6. The van der Waals surface area contributed by atoms with E-state index < -0.39 is 5.92 Å². The quantitative estimate of drug-likeness (QED) is 0.747. The van der Waals surface area contributed by atoms with Crippen LogP contribution in [0.3, 0.4) is 0 Å². The van der Waals surface area contributed by atoms with E-state index in [1.807, 2.05) is 12.1 Å². The van der Waals surface area contributed by atoms with Gasteiger partial charge in [0.05, 0.1) is 32.9 Å². The second-order valence-electron chi connectivity index (χ2n) is 6.63. The Bertz CT molecular complexity index is 918. The maximum absolute atomic E-state index is 12.6. The molecule has 7 nitrogen and oxygen atoms in total. The summed E-state index contributed by atoms with van der Waals surface area (Å²) in [5.41, 5.74) is 1.44. The largest absolute Gasteiger partial charge is 0.495 e. The van der Waals surface area contributed by atoms with E-state index in [2.05, 4.69) is 5.32 Å². The van der Waals surface area contributed by atoms with Crippen LogP contribution in [0.25, 0.3) is 0 Å². The average molecular weight is 419 g/mol. The molecule has 154 valence electrons. The van der Waals surface area contributed by atoms with Crippen molar-refractivity contribution >= 4 is 29.1 Å². The van der Waals surface area contributed by atoms with E-state index in [0.717, 1.165) is 5.56 Å². The molecule has 0 bridgehead atoms. The van der Waals surface area contributed by atoms with Gasteiger partial charge in [0.15, 0.2) is 11.5 Å². The van der Waals surface area contributed by atoms with Crippen molar-refractivity contribution in [2.45, 2.75) is 13.0 Å². The van der Waals surface area contributed by atoms with E-state index in [4.69, 9.17) is 25.8 Å². The number of carbonyl (C=O) groups excluding carboxylic acids is 2. The fourth-order valence-corrected chi connectivity index (χ4v) is 3.48. The standard InChI is InChI=1S/C21H23ClN2O5/c1-27-17-7-5-15(22)10-16(17)24-12-14(9-20(24)25)21(26)23-11-13-4-6-18(28-2)19(8-13)29-3/h4-8,10,14H,9,11-12H2,1-3H3,(H,23,26)/t14-/m0/s1. The molecule has 0 saturated carbocycles. The van der Waals surface area contributed by atoms with Crippen molar-refractivity contribution in [2.24, 2.45) is 5.92 Å². The van der Waals surface area contributed by atoms with Crippen molar-refractivity contribution in [2.75, 3.05) is 32.8 Å². The first-order valence-corrected chi connectivity index (χ1v) is 9.47. The summed E-state index contributed by atoms with van der Waals surface area (Å²) in [6.07, 6.45) is 0.132. The maximum Gasteiger partial charge on any atom is 0.227 e. The highest BCUT2D eigenvalue weighted by Crippen LogP contribution is 2.35. The van der Waals surface area contributed by atoms with Crippen LogP contribution in [-0.2, 0) is 16.1 Å². The molecular formula is C21H23ClN2O5. The molecule has 1 aliphatic rings. The van der Waals surface area contributed by atoms with Crippen LogP contribution in [0.4, 0.5) is 5.69 Å². The van der Waals surface area contributed by atoms with E-state index in [1.165, 1.54) is 7.11 Å². The number of nitrogens with one attached hydrogen (secondary N) is 1. The van der Waals surface area contributed by atoms with Crippen LogP contribution in [0.1, 0.15) is 12.0 Å². The van der Waals surface area contributed by atoms with Crippen LogP contribution in [0, 0.1) is 5.92 Å². The second kappa shape index (κ2) is 9.05. The lowest BCUT2D eigenvalue weighted by Crippen LogP contribution is -2.32. The number of amides is 2. The zero-order valence-electron chi connectivity index (χ0n) is 16.5. The van der Waals surface area contributed by atoms with Gasteiger partial charge >= 0.3 is 0 Å². The predicted octanol–water partition coefficient (Wildman–Crippen LogP) is 3.04. The van der Waals surface area contributed by atoms with E-state index in [-0.39, 0.29) is 24.8 Å². The minimum absolute atomic E-state index is 0.132. The lowest BCUT2D eigenvalue weighted by Gasteiger charge is -2.20. The van der Waals surface area contributed by atoms with Gasteiger partial charge in [-0.2, -0.15) is 0 Å². The van der Waals surface area contributed by atoms with Gasteiger partial charge in [-0.05, 0) is 35.9 Å². The summed E-state index contributed by atoms with van der Waals surface area (Å²) in [5.74, 6) is 0.971. The summed E-state index contributed by atoms with van der Waals surface area (Å²) in [7, 11) is 4.65. The molecule has 1 atom stereocenters. The van der Waals surface area contributed by atoms with Crippen LogP contribution >= 0.6 is 11.6 Å². The number of benzene rings is 2. The molecule has 1 aliphatic heterocycles. The molecule has 0 unspecified atom stereocenters. The first kappa shape index (κ1) is 20.8. The minimum Gasteiger partial charge on any atom is -0.495 e. The van der Waals surface area contributed by atoms with Crippen LogP contribution in [0.2, 0.25) is 5.02 Å². The summed E-state index contributed by atoms with van der Waals surface area (Å²) in [5, 5.41) is 3.39. The van der Waals surface area contributed by atoms with Gasteiger partial charge in [-0.3, -0.25) is 9.59 Å². The van der Waals surface area contributed by atoms with Gasteiger partial charge in [-0.25, -0.2) is 0 Å². The van der Waals surface area contributed by atoms with Gasteiger partial charge in [0.2, 0.25) is 11.8 Å². The summed E-state index contributed by atoms with van der Waals surface area (Å²) in [6, 6.07) is 10.5. The SMILES string of the molecule is COc1ccc(CNC(=O)[C@H]2CC(=O)N(c3cc(Cl)ccc3OC)C2)cc1OC. The monoisotopic (exact) mass is 418 g/mol. The molecule has 1 N–H and O–H groups in total. The number of nitrogens with zero attached hydrogens (tertiary/aromatic N) is 1. The van der Waals surface area contributed by atoms with E-state index >= 15 is 0 Å². The molecule has 0 aromatic heterocycles.